The first-order valence-electron chi connectivity index (χ1n) is 17.8. The Bertz CT molecular complexity index is 1660. The number of hydrogen-bond donors (Lipinski definition) is 8. The van der Waals surface area contributed by atoms with Gasteiger partial charge in [0.15, 0.2) is 0 Å². The number of nitrogens with zero attached hydrogens (tertiary/aromatic N) is 1. The molecule has 0 aliphatic carbocycles. The van der Waals surface area contributed by atoms with E-state index in [0.717, 1.165) is 11.1 Å². The highest BCUT2D eigenvalue weighted by molar-refractivity contribution is 5.92. The van der Waals surface area contributed by atoms with Crippen molar-refractivity contribution in [3.8, 4) is 0 Å². The zero-order valence-corrected chi connectivity index (χ0v) is 31.0. The molecule has 9 N–H and O–H groups in total. The quantitative estimate of drug-likeness (QED) is 0.0668. The van der Waals surface area contributed by atoms with Gasteiger partial charge in [-0.05, 0) is 36.8 Å². The van der Waals surface area contributed by atoms with E-state index in [2.05, 4.69) is 36.6 Å². The molecule has 0 bridgehead atoms. The summed E-state index contributed by atoms with van der Waals surface area (Å²) in [7, 11) is 1.21. The fraction of sp³-hybridized carbons (Fsp3) is 0.447. The first-order chi connectivity index (χ1) is 25.7. The van der Waals surface area contributed by atoms with E-state index < -0.39 is 84.8 Å². The SMILES string of the molecule is COC(=O)[C@H](Cc1ccccc1)NC(=O)[C@H](C)NC(=O)C[C@H](O)[C@H](CC(C)C)NC(=O)[C@H](Cc1cnc[nH]1)NC(=O)CNC(=O)[C@@H](N)Cc1ccccc1. The lowest BCUT2D eigenvalue weighted by atomic mass is 9.96. The number of rotatable bonds is 21. The number of H-pyrrole nitrogens is 1. The molecule has 5 amide bonds. The Hall–Kier alpha value is -5.61. The molecule has 292 valence electrons. The Labute approximate surface area is 314 Å². The Morgan fingerprint density at radius 3 is 1.98 bits per heavy atom. The molecule has 6 atom stereocenters. The standard InChI is InChI=1S/C38H52N8O8/c1-23(2)15-29(32(47)19-33(48)43-24(3)35(50)46-31(38(53)54-4)17-26-13-9-6-10-14-26)45-37(52)30(18-27-20-40-22-42-27)44-34(49)21-41-36(51)28(39)16-25-11-7-5-8-12-25/h5-14,20,22-24,28-32,47H,15-19,21,39H2,1-4H3,(H,40,42)(H,41,51)(H,43,48)(H,44,49)(H,45,52)(H,46,50)/t24-,28-,29-,30-,31-,32-/m0/s1. The maximum absolute atomic E-state index is 13.6. The van der Waals surface area contributed by atoms with Crippen LogP contribution in [0.25, 0.3) is 0 Å². The summed E-state index contributed by atoms with van der Waals surface area (Å²) < 4.78 is 4.85. The lowest BCUT2D eigenvalue weighted by Gasteiger charge is -2.28. The number of imidazole rings is 1. The summed E-state index contributed by atoms with van der Waals surface area (Å²) in [5.41, 5.74) is 8.22. The van der Waals surface area contributed by atoms with E-state index in [1.807, 2.05) is 50.2 Å². The van der Waals surface area contributed by atoms with Gasteiger partial charge in [-0.3, -0.25) is 24.0 Å². The average Bonchev–Trinajstić information content (AvgIpc) is 3.66. The number of nitrogens with two attached hydrogens (primary N) is 1. The third-order valence-electron chi connectivity index (χ3n) is 8.46. The summed E-state index contributed by atoms with van der Waals surface area (Å²) in [6, 6.07) is 13.2. The topological polar surface area (TPSA) is 247 Å². The molecule has 0 fully saturated rings. The second-order valence-corrected chi connectivity index (χ2v) is 13.5. The number of amides is 5. The van der Waals surface area contributed by atoms with Gasteiger partial charge >= 0.3 is 5.97 Å². The van der Waals surface area contributed by atoms with Crippen LogP contribution in [0.5, 0.6) is 0 Å². The highest BCUT2D eigenvalue weighted by atomic mass is 16.5. The number of hydrogen-bond acceptors (Lipinski definition) is 10. The number of carbonyl (C=O) groups is 6. The van der Waals surface area contributed by atoms with Gasteiger partial charge in [-0.15, -0.1) is 0 Å². The highest BCUT2D eigenvalue weighted by Crippen LogP contribution is 2.13. The third-order valence-corrected chi connectivity index (χ3v) is 8.46. The number of ether oxygens (including phenoxy) is 1. The van der Waals surface area contributed by atoms with Gasteiger partial charge in [0, 0.05) is 24.7 Å². The van der Waals surface area contributed by atoms with Crippen molar-refractivity contribution in [2.45, 2.75) is 89.2 Å². The molecular formula is C38H52N8O8. The molecule has 1 aromatic heterocycles. The van der Waals surface area contributed by atoms with Crippen molar-refractivity contribution in [3.63, 3.8) is 0 Å². The number of aliphatic hydroxyl groups is 1. The Morgan fingerprint density at radius 1 is 0.778 bits per heavy atom. The van der Waals surface area contributed by atoms with Crippen LogP contribution in [0.15, 0.2) is 73.2 Å². The molecule has 0 aliphatic heterocycles. The smallest absolute Gasteiger partial charge is 0.328 e. The van der Waals surface area contributed by atoms with Gasteiger partial charge in [-0.25, -0.2) is 9.78 Å². The molecule has 16 nitrogen and oxygen atoms in total. The summed E-state index contributed by atoms with van der Waals surface area (Å²) in [6.07, 6.45) is 1.80. The van der Waals surface area contributed by atoms with Gasteiger partial charge in [0.05, 0.1) is 44.6 Å². The first kappa shape index (κ1) is 42.8. The molecule has 0 saturated carbocycles. The summed E-state index contributed by atoms with van der Waals surface area (Å²) in [5, 5.41) is 24.2. The van der Waals surface area contributed by atoms with Crippen LogP contribution in [0.3, 0.4) is 0 Å². The molecule has 0 spiro atoms. The van der Waals surface area contributed by atoms with E-state index in [1.165, 1.54) is 26.6 Å². The largest absolute Gasteiger partial charge is 0.467 e. The van der Waals surface area contributed by atoms with E-state index in [0.29, 0.717) is 5.69 Å². The first-order valence-corrected chi connectivity index (χ1v) is 17.8. The molecule has 3 aromatic rings. The second-order valence-electron chi connectivity index (χ2n) is 13.5. The van der Waals surface area contributed by atoms with E-state index in [-0.39, 0.29) is 31.6 Å². The zero-order chi connectivity index (χ0) is 39.6. The highest BCUT2D eigenvalue weighted by Gasteiger charge is 2.31. The number of esters is 1. The van der Waals surface area contributed by atoms with Crippen LogP contribution < -0.4 is 32.3 Å². The van der Waals surface area contributed by atoms with E-state index >= 15 is 0 Å². The summed E-state index contributed by atoms with van der Waals surface area (Å²) in [6.45, 7) is 4.75. The molecular weight excluding hydrogens is 696 g/mol. The van der Waals surface area contributed by atoms with Crippen molar-refractivity contribution < 1.29 is 38.6 Å². The van der Waals surface area contributed by atoms with Gasteiger partial charge < -0.3 is 47.1 Å². The lowest BCUT2D eigenvalue weighted by molar-refractivity contribution is -0.145. The predicted molar refractivity (Wildman–Crippen MR) is 199 cm³/mol. The van der Waals surface area contributed by atoms with Gasteiger partial charge in [0.1, 0.15) is 18.1 Å². The molecule has 54 heavy (non-hydrogen) atoms. The monoisotopic (exact) mass is 748 g/mol. The van der Waals surface area contributed by atoms with Crippen molar-refractivity contribution in [2.24, 2.45) is 11.7 Å². The van der Waals surface area contributed by atoms with Gasteiger partial charge in [0.25, 0.3) is 0 Å². The molecule has 1 heterocycles. The van der Waals surface area contributed by atoms with Crippen LogP contribution in [0.2, 0.25) is 0 Å². The van der Waals surface area contributed by atoms with Crippen LogP contribution in [-0.4, -0.2) is 101 Å². The number of aromatic nitrogens is 2. The normalized spacial score (nSPS) is 14.4. The fourth-order valence-corrected chi connectivity index (χ4v) is 5.61. The van der Waals surface area contributed by atoms with Crippen molar-refractivity contribution >= 4 is 35.5 Å². The van der Waals surface area contributed by atoms with Gasteiger partial charge in [-0.1, -0.05) is 74.5 Å². The number of nitrogens with one attached hydrogen (secondary N) is 6. The van der Waals surface area contributed by atoms with Crippen molar-refractivity contribution in [1.82, 2.24) is 36.6 Å². The van der Waals surface area contributed by atoms with Crippen molar-refractivity contribution in [2.75, 3.05) is 13.7 Å². The van der Waals surface area contributed by atoms with E-state index in [1.54, 1.807) is 24.3 Å². The van der Waals surface area contributed by atoms with Crippen LogP contribution in [0.4, 0.5) is 0 Å². The van der Waals surface area contributed by atoms with Crippen LogP contribution >= 0.6 is 0 Å². The molecule has 2 aromatic carbocycles. The van der Waals surface area contributed by atoms with Gasteiger partial charge in [-0.2, -0.15) is 0 Å². The number of carbonyl (C=O) groups excluding carboxylic acids is 6. The minimum absolute atomic E-state index is 0.00743. The van der Waals surface area contributed by atoms with Gasteiger partial charge in [0.2, 0.25) is 29.5 Å². The molecule has 0 unspecified atom stereocenters. The van der Waals surface area contributed by atoms with Crippen LogP contribution in [0, 0.1) is 5.92 Å². The van der Waals surface area contributed by atoms with Crippen molar-refractivity contribution in [3.05, 3.63) is 90.0 Å². The van der Waals surface area contributed by atoms with E-state index in [9.17, 15) is 33.9 Å². The number of benzene rings is 2. The summed E-state index contributed by atoms with van der Waals surface area (Å²) in [5.74, 6) is -3.81. The Kier molecular flexibility index (Phi) is 17.3. The maximum atomic E-state index is 13.6. The minimum Gasteiger partial charge on any atom is -0.467 e. The number of aliphatic hydroxyl groups excluding tert-OH is 1. The Morgan fingerprint density at radius 2 is 1.41 bits per heavy atom. The summed E-state index contributed by atoms with van der Waals surface area (Å²) in [4.78, 5) is 84.4. The zero-order valence-electron chi connectivity index (χ0n) is 31.0. The lowest BCUT2D eigenvalue weighted by Crippen LogP contribution is -2.56. The molecule has 0 saturated heterocycles. The second kappa shape index (κ2) is 21.8. The predicted octanol–water partition coefficient (Wildman–Crippen LogP) is -0.190. The van der Waals surface area contributed by atoms with Crippen LogP contribution in [-0.2, 0) is 52.8 Å². The third kappa shape index (κ3) is 14.8. The number of methoxy groups -OCH3 is 1. The fourth-order valence-electron chi connectivity index (χ4n) is 5.61. The molecule has 0 radical (unpaired) electrons. The average molecular weight is 749 g/mol. The maximum Gasteiger partial charge on any atom is 0.328 e. The van der Waals surface area contributed by atoms with E-state index in [4.69, 9.17) is 10.5 Å². The Balaban J connectivity index is 1.60. The summed E-state index contributed by atoms with van der Waals surface area (Å²) >= 11 is 0. The molecule has 3 rings (SSSR count). The van der Waals surface area contributed by atoms with Crippen LogP contribution in [0.1, 0.15) is 50.4 Å². The minimum atomic E-state index is -1.37. The number of aromatic amines is 1. The van der Waals surface area contributed by atoms with Crippen molar-refractivity contribution in [1.29, 1.82) is 0 Å². The molecule has 16 heteroatoms. The molecule has 0 aliphatic rings.